The second-order valence-corrected chi connectivity index (χ2v) is 6.98. The van der Waals surface area contributed by atoms with Crippen LogP contribution >= 0.6 is 0 Å². The molecule has 0 saturated carbocycles. The number of hydrogen-bond acceptors (Lipinski definition) is 4. The first kappa shape index (κ1) is 18.9. The van der Waals surface area contributed by atoms with Gasteiger partial charge in [0.05, 0.1) is 0 Å². The van der Waals surface area contributed by atoms with Gasteiger partial charge in [-0.15, -0.1) is 0 Å². The number of piperazine rings is 1. The van der Waals surface area contributed by atoms with E-state index in [1.807, 2.05) is 0 Å². The van der Waals surface area contributed by atoms with Crippen molar-refractivity contribution in [2.24, 2.45) is 0 Å². The summed E-state index contributed by atoms with van der Waals surface area (Å²) in [5, 5.41) is 0. The molecule has 21 heavy (non-hydrogen) atoms. The van der Waals surface area contributed by atoms with Crippen LogP contribution in [0.1, 0.15) is 32.1 Å². The van der Waals surface area contributed by atoms with Gasteiger partial charge in [-0.25, -0.2) is 0 Å². The monoisotopic (exact) mass is 298 g/mol. The van der Waals surface area contributed by atoms with Gasteiger partial charge in [-0.3, -0.25) is 0 Å². The van der Waals surface area contributed by atoms with Crippen molar-refractivity contribution in [1.29, 1.82) is 0 Å². The van der Waals surface area contributed by atoms with Crippen LogP contribution in [0.15, 0.2) is 0 Å². The highest BCUT2D eigenvalue weighted by Gasteiger charge is 2.07. The molecule has 3 heterocycles. The van der Waals surface area contributed by atoms with Crippen LogP contribution in [0.25, 0.3) is 0 Å². The molecule has 0 amide bonds. The number of rotatable bonds is 0. The summed E-state index contributed by atoms with van der Waals surface area (Å²) < 4.78 is 0. The Kier molecular flexibility index (Phi) is 10.3. The van der Waals surface area contributed by atoms with E-state index in [1.165, 1.54) is 84.5 Å². The van der Waals surface area contributed by atoms with Crippen LogP contribution in [0.2, 0.25) is 0 Å². The van der Waals surface area contributed by atoms with Gasteiger partial charge in [-0.1, -0.05) is 6.42 Å². The third-order valence-electron chi connectivity index (χ3n) is 4.64. The fourth-order valence-corrected chi connectivity index (χ4v) is 2.83. The molecule has 0 aromatic heterocycles. The molecule has 0 unspecified atom stereocenters. The predicted molar refractivity (Wildman–Crippen MR) is 93.1 cm³/mol. The molecule has 0 atom stereocenters. The fourth-order valence-electron chi connectivity index (χ4n) is 2.83. The second-order valence-electron chi connectivity index (χ2n) is 6.98. The van der Waals surface area contributed by atoms with Crippen molar-refractivity contribution in [2.45, 2.75) is 32.1 Å². The zero-order valence-electron chi connectivity index (χ0n) is 15.0. The minimum Gasteiger partial charge on any atom is -0.306 e. The standard InChI is InChI=1S/C6H14N2.C6H13N.C5H11N/c1-7-3-5-8(2)6-4-7;1-7-5-3-2-4-6-7;1-6-4-2-3-5-6/h3-6H2,1-2H3;2-6H2,1H3;2-5H2,1H3. The molecule has 0 spiro atoms. The van der Waals surface area contributed by atoms with E-state index in [2.05, 4.69) is 47.8 Å². The van der Waals surface area contributed by atoms with Crippen molar-refractivity contribution < 1.29 is 0 Å². The van der Waals surface area contributed by atoms with E-state index < -0.39 is 0 Å². The van der Waals surface area contributed by atoms with E-state index >= 15 is 0 Å². The van der Waals surface area contributed by atoms with Gasteiger partial charge in [0.15, 0.2) is 0 Å². The van der Waals surface area contributed by atoms with Crippen LogP contribution in [-0.2, 0) is 0 Å². The molecule has 0 N–H and O–H groups in total. The van der Waals surface area contributed by atoms with E-state index in [-0.39, 0.29) is 0 Å². The first-order chi connectivity index (χ1) is 10.1. The van der Waals surface area contributed by atoms with Gasteiger partial charge < -0.3 is 19.6 Å². The Hall–Kier alpha value is -0.160. The average Bonchev–Trinajstić information content (AvgIpc) is 2.95. The van der Waals surface area contributed by atoms with Crippen molar-refractivity contribution in [3.8, 4) is 0 Å². The van der Waals surface area contributed by atoms with Crippen LogP contribution in [0.4, 0.5) is 0 Å². The molecule has 4 heteroatoms. The number of piperidine rings is 1. The minimum absolute atomic E-state index is 1.23. The lowest BCUT2D eigenvalue weighted by molar-refractivity contribution is 0.181. The molecule has 126 valence electrons. The Morgan fingerprint density at radius 1 is 0.333 bits per heavy atom. The third-order valence-corrected chi connectivity index (χ3v) is 4.64. The van der Waals surface area contributed by atoms with E-state index in [4.69, 9.17) is 0 Å². The lowest BCUT2D eigenvalue weighted by Gasteiger charge is -2.28. The zero-order chi connectivity index (χ0) is 15.5. The van der Waals surface area contributed by atoms with Crippen LogP contribution < -0.4 is 0 Å². The molecular formula is C17H38N4. The Bertz CT molecular complexity index is 217. The first-order valence-corrected chi connectivity index (χ1v) is 8.82. The lowest BCUT2D eigenvalue weighted by Crippen LogP contribution is -2.42. The summed E-state index contributed by atoms with van der Waals surface area (Å²) in [4.78, 5) is 9.48. The van der Waals surface area contributed by atoms with Crippen LogP contribution in [0.3, 0.4) is 0 Å². The highest BCUT2D eigenvalue weighted by atomic mass is 15.2. The molecule has 3 aliphatic rings. The summed E-state index contributed by atoms with van der Waals surface area (Å²) in [6.07, 6.45) is 7.10. The zero-order valence-corrected chi connectivity index (χ0v) is 15.0. The molecule has 0 bridgehead atoms. The number of hydrogen-bond donors (Lipinski definition) is 0. The first-order valence-electron chi connectivity index (χ1n) is 8.82. The van der Waals surface area contributed by atoms with Crippen LogP contribution in [0.5, 0.6) is 0 Å². The van der Waals surface area contributed by atoms with Crippen molar-refractivity contribution >= 4 is 0 Å². The summed E-state index contributed by atoms with van der Waals surface area (Å²) in [7, 11) is 8.71. The summed E-state index contributed by atoms with van der Waals surface area (Å²) in [5.41, 5.74) is 0. The maximum Gasteiger partial charge on any atom is 0.0107 e. The summed E-state index contributed by atoms with van der Waals surface area (Å²) in [6, 6.07) is 0. The minimum atomic E-state index is 1.23. The van der Waals surface area contributed by atoms with E-state index in [0.29, 0.717) is 0 Å². The second kappa shape index (κ2) is 11.4. The van der Waals surface area contributed by atoms with Gasteiger partial charge in [0, 0.05) is 26.2 Å². The highest BCUT2D eigenvalue weighted by molar-refractivity contribution is 4.64. The molecule has 4 nitrogen and oxygen atoms in total. The summed E-state index contributed by atoms with van der Waals surface area (Å²) in [5.74, 6) is 0. The maximum atomic E-state index is 2.39. The smallest absolute Gasteiger partial charge is 0.0107 e. The van der Waals surface area contributed by atoms with E-state index in [1.54, 1.807) is 0 Å². The Balaban J connectivity index is 0.000000159. The van der Waals surface area contributed by atoms with Crippen molar-refractivity contribution in [1.82, 2.24) is 19.6 Å². The van der Waals surface area contributed by atoms with Crippen molar-refractivity contribution in [2.75, 3.05) is 80.5 Å². The van der Waals surface area contributed by atoms with Gasteiger partial charge >= 0.3 is 0 Å². The maximum absolute atomic E-state index is 2.39. The topological polar surface area (TPSA) is 13.0 Å². The molecule has 0 aliphatic carbocycles. The SMILES string of the molecule is CN1CCCC1.CN1CCCCC1.CN1CCN(C)CC1. The Labute approximate surface area is 133 Å². The Morgan fingerprint density at radius 3 is 0.762 bits per heavy atom. The molecule has 3 aliphatic heterocycles. The lowest BCUT2D eigenvalue weighted by atomic mass is 10.1. The molecular weight excluding hydrogens is 260 g/mol. The molecule has 0 aromatic carbocycles. The van der Waals surface area contributed by atoms with Crippen LogP contribution in [-0.4, -0.2) is 100 Å². The van der Waals surface area contributed by atoms with Crippen molar-refractivity contribution in [3.63, 3.8) is 0 Å². The molecule has 0 aromatic rings. The Morgan fingerprint density at radius 2 is 0.571 bits per heavy atom. The molecule has 3 rings (SSSR count). The van der Waals surface area contributed by atoms with E-state index in [0.717, 1.165) is 0 Å². The largest absolute Gasteiger partial charge is 0.306 e. The van der Waals surface area contributed by atoms with E-state index in [9.17, 15) is 0 Å². The average molecular weight is 299 g/mol. The van der Waals surface area contributed by atoms with Crippen LogP contribution in [0, 0.1) is 0 Å². The third kappa shape index (κ3) is 10.2. The van der Waals surface area contributed by atoms with Gasteiger partial charge in [-0.2, -0.15) is 0 Å². The summed E-state index contributed by atoms with van der Waals surface area (Å²) in [6.45, 7) is 10.2. The predicted octanol–water partition coefficient (Wildman–Crippen LogP) is 1.68. The number of likely N-dealkylation sites (N-methyl/N-ethyl adjacent to an activating group) is 2. The number of nitrogens with zero attached hydrogens (tertiary/aromatic N) is 4. The van der Waals surface area contributed by atoms with Gasteiger partial charge in [0.1, 0.15) is 0 Å². The quantitative estimate of drug-likeness (QED) is 0.674. The molecule has 3 fully saturated rings. The van der Waals surface area contributed by atoms with Crippen molar-refractivity contribution in [3.05, 3.63) is 0 Å². The highest BCUT2D eigenvalue weighted by Crippen LogP contribution is 2.04. The number of likely N-dealkylation sites (tertiary alicyclic amines) is 2. The molecule has 0 radical (unpaired) electrons. The molecule has 3 saturated heterocycles. The summed E-state index contributed by atoms with van der Waals surface area (Å²) >= 11 is 0. The van der Waals surface area contributed by atoms with Gasteiger partial charge in [-0.05, 0) is 80.1 Å². The van der Waals surface area contributed by atoms with Gasteiger partial charge in [0.2, 0.25) is 0 Å². The fraction of sp³-hybridized carbons (Fsp3) is 1.00. The van der Waals surface area contributed by atoms with Gasteiger partial charge in [0.25, 0.3) is 0 Å². The normalized spacial score (nSPS) is 25.7.